The SMILES string of the molecule is CCCOC(=O)c1ccccc1C(=O)OC=C(C)C. The van der Waals surface area contributed by atoms with Crippen LogP contribution in [0.2, 0.25) is 0 Å². The summed E-state index contributed by atoms with van der Waals surface area (Å²) in [7, 11) is 0. The van der Waals surface area contributed by atoms with Crippen molar-refractivity contribution in [2.24, 2.45) is 0 Å². The monoisotopic (exact) mass is 262 g/mol. The van der Waals surface area contributed by atoms with E-state index in [-0.39, 0.29) is 11.1 Å². The fourth-order valence-electron chi connectivity index (χ4n) is 1.35. The topological polar surface area (TPSA) is 52.6 Å². The zero-order chi connectivity index (χ0) is 14.3. The third-order valence-electron chi connectivity index (χ3n) is 2.21. The lowest BCUT2D eigenvalue weighted by atomic mass is 10.1. The highest BCUT2D eigenvalue weighted by molar-refractivity contribution is 6.03. The molecule has 0 aliphatic carbocycles. The fraction of sp³-hybridized carbons (Fsp3) is 0.333. The third-order valence-corrected chi connectivity index (χ3v) is 2.21. The van der Waals surface area contributed by atoms with Crippen molar-refractivity contribution in [1.82, 2.24) is 0 Å². The van der Waals surface area contributed by atoms with Gasteiger partial charge in [0.15, 0.2) is 0 Å². The first-order valence-electron chi connectivity index (χ1n) is 6.16. The van der Waals surface area contributed by atoms with Gasteiger partial charge in [0.2, 0.25) is 0 Å². The number of allylic oxidation sites excluding steroid dienone is 1. The Hall–Kier alpha value is -2.10. The van der Waals surface area contributed by atoms with Crippen LogP contribution >= 0.6 is 0 Å². The van der Waals surface area contributed by atoms with E-state index >= 15 is 0 Å². The maximum Gasteiger partial charge on any atom is 0.343 e. The van der Waals surface area contributed by atoms with Gasteiger partial charge in [0.25, 0.3) is 0 Å². The highest BCUT2D eigenvalue weighted by atomic mass is 16.5. The molecule has 4 heteroatoms. The molecule has 1 rings (SSSR count). The van der Waals surface area contributed by atoms with Crippen molar-refractivity contribution in [2.45, 2.75) is 27.2 Å². The maximum atomic E-state index is 11.9. The first-order valence-corrected chi connectivity index (χ1v) is 6.16. The molecule has 0 amide bonds. The molecule has 4 nitrogen and oxygen atoms in total. The van der Waals surface area contributed by atoms with E-state index < -0.39 is 11.9 Å². The second-order valence-corrected chi connectivity index (χ2v) is 4.28. The van der Waals surface area contributed by atoms with Crippen LogP contribution in [0, 0.1) is 0 Å². The standard InChI is InChI=1S/C15H18O4/c1-4-9-18-14(16)12-7-5-6-8-13(12)15(17)19-10-11(2)3/h5-8,10H,4,9H2,1-3H3. The number of benzene rings is 1. The minimum Gasteiger partial charge on any atom is -0.462 e. The molecule has 0 aromatic heterocycles. The molecule has 0 unspecified atom stereocenters. The van der Waals surface area contributed by atoms with E-state index in [1.54, 1.807) is 24.3 Å². The molecular weight excluding hydrogens is 244 g/mol. The van der Waals surface area contributed by atoms with Gasteiger partial charge in [0.1, 0.15) is 0 Å². The van der Waals surface area contributed by atoms with Gasteiger partial charge < -0.3 is 9.47 Å². The summed E-state index contributed by atoms with van der Waals surface area (Å²) in [5, 5.41) is 0. The molecule has 0 N–H and O–H groups in total. The number of rotatable bonds is 5. The molecule has 0 aliphatic heterocycles. The van der Waals surface area contributed by atoms with Gasteiger partial charge in [-0.3, -0.25) is 0 Å². The lowest BCUT2D eigenvalue weighted by Gasteiger charge is -2.07. The van der Waals surface area contributed by atoms with E-state index in [1.165, 1.54) is 6.26 Å². The van der Waals surface area contributed by atoms with Gasteiger partial charge in [-0.15, -0.1) is 0 Å². The Kier molecular flexibility index (Phi) is 5.79. The second-order valence-electron chi connectivity index (χ2n) is 4.28. The van der Waals surface area contributed by atoms with Gasteiger partial charge in [-0.1, -0.05) is 19.1 Å². The summed E-state index contributed by atoms with van der Waals surface area (Å²) in [5.41, 5.74) is 1.29. The Labute approximate surface area is 113 Å². The van der Waals surface area contributed by atoms with Crippen LogP contribution < -0.4 is 0 Å². The Balaban J connectivity index is 2.92. The Morgan fingerprint density at radius 3 is 2.21 bits per heavy atom. The highest BCUT2D eigenvalue weighted by Gasteiger charge is 2.18. The van der Waals surface area contributed by atoms with Crippen molar-refractivity contribution >= 4 is 11.9 Å². The fourth-order valence-corrected chi connectivity index (χ4v) is 1.35. The normalized spacial score (nSPS) is 9.63. The van der Waals surface area contributed by atoms with Crippen molar-refractivity contribution in [3.05, 3.63) is 47.2 Å². The lowest BCUT2D eigenvalue weighted by Crippen LogP contribution is -2.13. The molecule has 0 radical (unpaired) electrons. The molecule has 1 aromatic carbocycles. The van der Waals surface area contributed by atoms with E-state index in [9.17, 15) is 9.59 Å². The van der Waals surface area contributed by atoms with Crippen LogP contribution in [0.25, 0.3) is 0 Å². The number of ether oxygens (including phenoxy) is 2. The first kappa shape index (κ1) is 15.0. The van der Waals surface area contributed by atoms with Crippen LogP contribution in [0.4, 0.5) is 0 Å². The van der Waals surface area contributed by atoms with Gasteiger partial charge in [0, 0.05) is 0 Å². The minimum atomic E-state index is -0.565. The number of esters is 2. The molecule has 0 heterocycles. The van der Waals surface area contributed by atoms with Crippen LogP contribution in [0.1, 0.15) is 47.9 Å². The van der Waals surface area contributed by atoms with E-state index in [0.717, 1.165) is 12.0 Å². The first-order chi connectivity index (χ1) is 9.06. The van der Waals surface area contributed by atoms with E-state index in [4.69, 9.17) is 9.47 Å². The van der Waals surface area contributed by atoms with Crippen LogP contribution in [0.15, 0.2) is 36.1 Å². The van der Waals surface area contributed by atoms with Crippen molar-refractivity contribution in [3.63, 3.8) is 0 Å². The molecule has 0 bridgehead atoms. The summed E-state index contributed by atoms with van der Waals surface area (Å²) in [5.74, 6) is -1.07. The number of hydrogen-bond donors (Lipinski definition) is 0. The maximum absolute atomic E-state index is 11.9. The Bertz CT molecular complexity index is 485. The van der Waals surface area contributed by atoms with Crippen LogP contribution in [-0.2, 0) is 9.47 Å². The third kappa shape index (κ3) is 4.58. The van der Waals surface area contributed by atoms with E-state index in [0.29, 0.717) is 6.61 Å². The van der Waals surface area contributed by atoms with Gasteiger partial charge in [-0.05, 0) is 38.0 Å². The predicted molar refractivity (Wildman–Crippen MR) is 71.9 cm³/mol. The smallest absolute Gasteiger partial charge is 0.343 e. The van der Waals surface area contributed by atoms with Crippen LogP contribution in [0.3, 0.4) is 0 Å². The molecule has 0 saturated carbocycles. The van der Waals surface area contributed by atoms with Crippen molar-refractivity contribution in [1.29, 1.82) is 0 Å². The largest absolute Gasteiger partial charge is 0.462 e. The number of hydrogen-bond acceptors (Lipinski definition) is 4. The van der Waals surface area contributed by atoms with Gasteiger partial charge >= 0.3 is 11.9 Å². The molecule has 102 valence electrons. The Morgan fingerprint density at radius 1 is 1.11 bits per heavy atom. The van der Waals surface area contributed by atoms with Gasteiger partial charge in [-0.2, -0.15) is 0 Å². The van der Waals surface area contributed by atoms with Crippen molar-refractivity contribution < 1.29 is 19.1 Å². The van der Waals surface area contributed by atoms with E-state index in [1.807, 2.05) is 20.8 Å². The van der Waals surface area contributed by atoms with Gasteiger partial charge in [0.05, 0.1) is 24.0 Å². The summed E-state index contributed by atoms with van der Waals surface area (Å²) in [6.45, 7) is 5.86. The number of carbonyl (C=O) groups is 2. The molecule has 0 aliphatic rings. The summed E-state index contributed by atoms with van der Waals surface area (Å²) in [4.78, 5) is 23.7. The number of carbonyl (C=O) groups excluding carboxylic acids is 2. The summed E-state index contributed by atoms with van der Waals surface area (Å²) in [6.07, 6.45) is 2.09. The second kappa shape index (κ2) is 7.36. The van der Waals surface area contributed by atoms with Crippen LogP contribution in [-0.4, -0.2) is 18.5 Å². The van der Waals surface area contributed by atoms with Crippen molar-refractivity contribution in [2.75, 3.05) is 6.61 Å². The van der Waals surface area contributed by atoms with Crippen molar-refractivity contribution in [3.8, 4) is 0 Å². The Morgan fingerprint density at radius 2 is 1.68 bits per heavy atom. The predicted octanol–water partition coefficient (Wildman–Crippen LogP) is 3.33. The highest BCUT2D eigenvalue weighted by Crippen LogP contribution is 2.12. The molecule has 1 aromatic rings. The zero-order valence-electron chi connectivity index (χ0n) is 11.4. The molecule has 0 atom stereocenters. The molecule has 0 spiro atoms. The summed E-state index contributed by atoms with van der Waals surface area (Å²) < 4.78 is 10.0. The lowest BCUT2D eigenvalue weighted by molar-refractivity contribution is 0.0492. The average molecular weight is 262 g/mol. The molecular formula is C15H18O4. The zero-order valence-corrected chi connectivity index (χ0v) is 11.4. The summed E-state index contributed by atoms with van der Waals surface area (Å²) >= 11 is 0. The van der Waals surface area contributed by atoms with Crippen LogP contribution in [0.5, 0.6) is 0 Å². The quantitative estimate of drug-likeness (QED) is 0.603. The minimum absolute atomic E-state index is 0.209. The van der Waals surface area contributed by atoms with Gasteiger partial charge in [-0.25, -0.2) is 9.59 Å². The molecule has 19 heavy (non-hydrogen) atoms. The summed E-state index contributed by atoms with van der Waals surface area (Å²) in [6, 6.07) is 6.46. The van der Waals surface area contributed by atoms with E-state index in [2.05, 4.69) is 0 Å². The molecule has 0 fully saturated rings. The average Bonchev–Trinajstić information content (AvgIpc) is 2.42. The molecule has 0 saturated heterocycles.